The van der Waals surface area contributed by atoms with Gasteiger partial charge >= 0.3 is 0 Å². The third kappa shape index (κ3) is 3.45. The molecule has 0 spiro atoms. The number of hydrogen-bond acceptors (Lipinski definition) is 2. The van der Waals surface area contributed by atoms with Crippen LogP contribution in [-0.4, -0.2) is 25.2 Å². The van der Waals surface area contributed by atoms with E-state index in [1.807, 2.05) is 12.1 Å². The van der Waals surface area contributed by atoms with Crippen LogP contribution in [0.15, 0.2) is 22.7 Å². The molecule has 0 aromatic heterocycles. The summed E-state index contributed by atoms with van der Waals surface area (Å²) in [5.41, 5.74) is 1.43. The number of nitrogens with one attached hydrogen (secondary N) is 1. The van der Waals surface area contributed by atoms with Gasteiger partial charge < -0.3 is 10.2 Å². The lowest BCUT2D eigenvalue weighted by Crippen LogP contribution is -2.50. The Labute approximate surface area is 129 Å². The normalized spacial score (nSPS) is 19.3. The number of benzene rings is 1. The molecule has 2 rings (SSSR count). The van der Waals surface area contributed by atoms with E-state index in [0.29, 0.717) is 0 Å². The van der Waals surface area contributed by atoms with Crippen molar-refractivity contribution in [1.82, 2.24) is 5.32 Å². The molecule has 0 bridgehead atoms. The van der Waals surface area contributed by atoms with Crippen LogP contribution in [0.1, 0.15) is 33.1 Å². The summed E-state index contributed by atoms with van der Waals surface area (Å²) in [4.78, 5) is 2.46. The number of halogens is 2. The molecule has 1 aliphatic heterocycles. The van der Waals surface area contributed by atoms with Gasteiger partial charge in [-0.15, -0.1) is 0 Å². The van der Waals surface area contributed by atoms with Gasteiger partial charge in [-0.25, -0.2) is 0 Å². The van der Waals surface area contributed by atoms with Gasteiger partial charge in [0.25, 0.3) is 0 Å². The second kappa shape index (κ2) is 6.47. The Hall–Kier alpha value is -0.250. The van der Waals surface area contributed by atoms with Crippen LogP contribution in [0, 0.1) is 0 Å². The largest absolute Gasteiger partial charge is 0.369 e. The Kier molecular flexibility index (Phi) is 5.15. The molecular weight excluding hydrogens is 324 g/mol. The zero-order chi connectivity index (χ0) is 13.9. The van der Waals surface area contributed by atoms with E-state index in [1.165, 1.54) is 12.1 Å². The molecule has 0 atom stereocenters. The fraction of sp³-hybridized carbons (Fsp3) is 0.600. The second-order valence-corrected chi connectivity index (χ2v) is 6.58. The minimum Gasteiger partial charge on any atom is -0.369 e. The highest BCUT2D eigenvalue weighted by atomic mass is 79.9. The summed E-state index contributed by atoms with van der Waals surface area (Å²) in [7, 11) is 0. The first-order valence-electron chi connectivity index (χ1n) is 7.05. The minimum atomic E-state index is 0.220. The highest BCUT2D eigenvalue weighted by Gasteiger charge is 2.30. The third-order valence-corrected chi connectivity index (χ3v) is 5.11. The molecule has 106 valence electrons. The quantitative estimate of drug-likeness (QED) is 0.870. The zero-order valence-electron chi connectivity index (χ0n) is 11.7. The Morgan fingerprint density at radius 1 is 1.37 bits per heavy atom. The van der Waals surface area contributed by atoms with Gasteiger partial charge in [-0.2, -0.15) is 0 Å². The second-order valence-electron chi connectivity index (χ2n) is 5.29. The van der Waals surface area contributed by atoms with Gasteiger partial charge in [-0.05, 0) is 59.9 Å². The molecule has 0 radical (unpaired) electrons. The van der Waals surface area contributed by atoms with Gasteiger partial charge in [0.1, 0.15) is 0 Å². The minimum absolute atomic E-state index is 0.220. The zero-order valence-corrected chi connectivity index (χ0v) is 14.0. The van der Waals surface area contributed by atoms with Crippen LogP contribution in [0.25, 0.3) is 0 Å². The SMILES string of the molecule is CCC1(CC)CN(c2cc(Cl)ccc2Br)CCCN1. The maximum Gasteiger partial charge on any atom is 0.0526 e. The highest BCUT2D eigenvalue weighted by Crippen LogP contribution is 2.32. The van der Waals surface area contributed by atoms with Crippen LogP contribution in [0.3, 0.4) is 0 Å². The van der Waals surface area contributed by atoms with Crippen molar-refractivity contribution in [2.24, 2.45) is 0 Å². The molecule has 1 aliphatic rings. The fourth-order valence-electron chi connectivity index (χ4n) is 2.78. The van der Waals surface area contributed by atoms with Crippen LogP contribution in [-0.2, 0) is 0 Å². The average molecular weight is 346 g/mol. The molecule has 1 heterocycles. The monoisotopic (exact) mass is 344 g/mol. The summed E-state index contributed by atoms with van der Waals surface area (Å²) in [5.74, 6) is 0. The topological polar surface area (TPSA) is 15.3 Å². The van der Waals surface area contributed by atoms with Gasteiger partial charge in [0.15, 0.2) is 0 Å². The molecule has 1 N–H and O–H groups in total. The van der Waals surface area contributed by atoms with Crippen molar-refractivity contribution in [3.05, 3.63) is 27.7 Å². The van der Waals surface area contributed by atoms with Crippen LogP contribution in [0.2, 0.25) is 5.02 Å². The van der Waals surface area contributed by atoms with Crippen molar-refractivity contribution >= 4 is 33.2 Å². The van der Waals surface area contributed by atoms with Crippen molar-refractivity contribution < 1.29 is 0 Å². The first-order valence-corrected chi connectivity index (χ1v) is 8.22. The number of hydrogen-bond donors (Lipinski definition) is 1. The van der Waals surface area contributed by atoms with E-state index >= 15 is 0 Å². The van der Waals surface area contributed by atoms with Crippen molar-refractivity contribution in [2.75, 3.05) is 24.5 Å². The van der Waals surface area contributed by atoms with E-state index in [1.54, 1.807) is 0 Å². The summed E-state index contributed by atoms with van der Waals surface area (Å²) < 4.78 is 1.12. The standard InChI is InChI=1S/C15H22BrClN2/c1-3-15(4-2)11-19(9-5-8-18-15)14-10-12(17)6-7-13(14)16/h6-7,10,18H,3-5,8-9,11H2,1-2H3. The first-order chi connectivity index (χ1) is 9.10. The molecule has 0 amide bonds. The maximum atomic E-state index is 6.15. The molecule has 1 aromatic rings. The van der Waals surface area contributed by atoms with E-state index in [4.69, 9.17) is 11.6 Å². The molecule has 1 saturated heterocycles. The number of anilines is 1. The van der Waals surface area contributed by atoms with Crippen molar-refractivity contribution in [1.29, 1.82) is 0 Å². The van der Waals surface area contributed by atoms with E-state index in [-0.39, 0.29) is 5.54 Å². The summed E-state index contributed by atoms with van der Waals surface area (Å²) in [6.45, 7) is 7.75. The van der Waals surface area contributed by atoms with E-state index in [0.717, 1.165) is 42.0 Å². The molecule has 1 fully saturated rings. The maximum absolute atomic E-state index is 6.15. The Morgan fingerprint density at radius 3 is 2.79 bits per heavy atom. The van der Waals surface area contributed by atoms with Gasteiger partial charge in [-0.3, -0.25) is 0 Å². The predicted octanol–water partition coefficient (Wildman–Crippen LogP) is 4.46. The lowest BCUT2D eigenvalue weighted by atomic mass is 9.92. The predicted molar refractivity (Wildman–Crippen MR) is 87.3 cm³/mol. The van der Waals surface area contributed by atoms with Crippen LogP contribution >= 0.6 is 27.5 Å². The number of rotatable bonds is 3. The van der Waals surface area contributed by atoms with E-state index < -0.39 is 0 Å². The Morgan fingerprint density at radius 2 is 2.11 bits per heavy atom. The van der Waals surface area contributed by atoms with Crippen molar-refractivity contribution in [3.8, 4) is 0 Å². The molecular formula is C15H22BrClN2. The average Bonchev–Trinajstić information content (AvgIpc) is 2.64. The van der Waals surface area contributed by atoms with Crippen LogP contribution in [0.4, 0.5) is 5.69 Å². The Bertz CT molecular complexity index is 432. The molecule has 0 aliphatic carbocycles. The van der Waals surface area contributed by atoms with E-state index in [2.05, 4.69) is 46.1 Å². The summed E-state index contributed by atoms with van der Waals surface area (Å²) in [5, 5.41) is 4.54. The first kappa shape index (κ1) is 15.1. The summed E-state index contributed by atoms with van der Waals surface area (Å²) >= 11 is 9.80. The lowest BCUT2D eigenvalue weighted by Gasteiger charge is -2.36. The molecule has 19 heavy (non-hydrogen) atoms. The number of nitrogens with zero attached hydrogens (tertiary/aromatic N) is 1. The van der Waals surface area contributed by atoms with E-state index in [9.17, 15) is 0 Å². The summed E-state index contributed by atoms with van der Waals surface area (Å²) in [6, 6.07) is 6.03. The molecule has 0 saturated carbocycles. The third-order valence-electron chi connectivity index (χ3n) is 4.20. The van der Waals surface area contributed by atoms with Gasteiger partial charge in [-0.1, -0.05) is 25.4 Å². The van der Waals surface area contributed by atoms with Crippen LogP contribution < -0.4 is 10.2 Å². The smallest absolute Gasteiger partial charge is 0.0526 e. The Balaban J connectivity index is 2.29. The summed E-state index contributed by atoms with van der Waals surface area (Å²) in [6.07, 6.45) is 3.47. The highest BCUT2D eigenvalue weighted by molar-refractivity contribution is 9.10. The van der Waals surface area contributed by atoms with Gasteiger partial charge in [0.2, 0.25) is 0 Å². The molecule has 4 heteroatoms. The van der Waals surface area contributed by atoms with Crippen LogP contribution in [0.5, 0.6) is 0 Å². The fourth-order valence-corrected chi connectivity index (χ4v) is 3.44. The molecule has 0 unspecified atom stereocenters. The van der Waals surface area contributed by atoms with Gasteiger partial charge in [0.05, 0.1) is 5.69 Å². The molecule has 2 nitrogen and oxygen atoms in total. The molecule has 1 aromatic carbocycles. The van der Waals surface area contributed by atoms with Crippen molar-refractivity contribution in [3.63, 3.8) is 0 Å². The van der Waals surface area contributed by atoms with Crippen molar-refractivity contribution in [2.45, 2.75) is 38.6 Å². The lowest BCUT2D eigenvalue weighted by molar-refractivity contribution is 0.321. The van der Waals surface area contributed by atoms with Gasteiger partial charge in [0, 0.05) is 28.1 Å².